The van der Waals surface area contributed by atoms with Crippen LogP contribution in [-0.2, 0) is 0 Å². The fourth-order valence-corrected chi connectivity index (χ4v) is 1.86. The highest BCUT2D eigenvalue weighted by Crippen LogP contribution is 2.25. The van der Waals surface area contributed by atoms with Crippen molar-refractivity contribution in [2.45, 2.75) is 18.6 Å². The fraction of sp³-hybridized carbons (Fsp3) is 0.364. The number of hydrogen-bond acceptors (Lipinski definition) is 5. The van der Waals surface area contributed by atoms with Crippen molar-refractivity contribution < 1.29 is 8.91 Å². The Bertz CT molecular complexity index is 501. The number of nitrogens with one attached hydrogen (secondary N) is 1. The predicted octanol–water partition coefficient (Wildman–Crippen LogP) is 1.50. The van der Waals surface area contributed by atoms with Gasteiger partial charge < -0.3 is 9.84 Å². The average Bonchev–Trinajstić information content (AvgIpc) is 2.98. The summed E-state index contributed by atoms with van der Waals surface area (Å²) in [4.78, 5) is 8.35. The molecule has 0 bridgehead atoms. The van der Waals surface area contributed by atoms with Crippen molar-refractivity contribution in [3.8, 4) is 11.5 Å². The van der Waals surface area contributed by atoms with E-state index in [9.17, 15) is 4.39 Å². The molecule has 0 spiro atoms. The third kappa shape index (κ3) is 2.03. The maximum Gasteiger partial charge on any atom is 0.244 e. The van der Waals surface area contributed by atoms with Crippen molar-refractivity contribution >= 4 is 0 Å². The van der Waals surface area contributed by atoms with E-state index < -0.39 is 6.17 Å². The molecule has 1 aliphatic rings. The van der Waals surface area contributed by atoms with Gasteiger partial charge in [0.25, 0.3) is 0 Å². The third-order valence-corrected chi connectivity index (χ3v) is 2.71. The molecule has 0 aromatic carbocycles. The molecule has 0 radical (unpaired) electrons. The van der Waals surface area contributed by atoms with E-state index in [1.807, 2.05) is 12.1 Å². The van der Waals surface area contributed by atoms with E-state index in [0.717, 1.165) is 0 Å². The zero-order valence-electron chi connectivity index (χ0n) is 9.01. The van der Waals surface area contributed by atoms with Crippen LogP contribution in [-0.4, -0.2) is 27.8 Å². The van der Waals surface area contributed by atoms with E-state index >= 15 is 0 Å². The summed E-state index contributed by atoms with van der Waals surface area (Å²) in [6.45, 7) is 0.339. The van der Waals surface area contributed by atoms with E-state index in [0.29, 0.717) is 30.4 Å². The Kier molecular flexibility index (Phi) is 2.56. The molecule has 1 aliphatic heterocycles. The number of alkyl halides is 1. The molecule has 6 heteroatoms. The van der Waals surface area contributed by atoms with Crippen molar-refractivity contribution in [3.63, 3.8) is 0 Å². The Morgan fingerprint density at radius 2 is 2.35 bits per heavy atom. The van der Waals surface area contributed by atoms with Crippen LogP contribution in [0.3, 0.4) is 0 Å². The maximum absolute atomic E-state index is 13.0. The van der Waals surface area contributed by atoms with Crippen molar-refractivity contribution in [3.05, 3.63) is 30.3 Å². The SMILES string of the molecule is F[C@H]1CN[C@H](c2nc(-c3ccccn3)no2)C1. The van der Waals surface area contributed by atoms with E-state index in [2.05, 4.69) is 20.4 Å². The quantitative estimate of drug-likeness (QED) is 0.853. The lowest BCUT2D eigenvalue weighted by Gasteiger charge is -2.00. The van der Waals surface area contributed by atoms with E-state index in [1.165, 1.54) is 0 Å². The van der Waals surface area contributed by atoms with Gasteiger partial charge >= 0.3 is 0 Å². The first-order valence-electron chi connectivity index (χ1n) is 5.45. The molecular formula is C11H11FN4O. The minimum absolute atomic E-state index is 0.185. The van der Waals surface area contributed by atoms with Crippen LogP contribution >= 0.6 is 0 Å². The van der Waals surface area contributed by atoms with E-state index in [4.69, 9.17) is 4.52 Å². The first-order valence-corrected chi connectivity index (χ1v) is 5.45. The summed E-state index contributed by atoms with van der Waals surface area (Å²) in [5, 5.41) is 6.84. The summed E-state index contributed by atoms with van der Waals surface area (Å²) in [6, 6.07) is 5.28. The molecule has 1 N–H and O–H groups in total. The number of rotatable bonds is 2. The number of aromatic nitrogens is 3. The molecule has 17 heavy (non-hydrogen) atoms. The lowest BCUT2D eigenvalue weighted by atomic mass is 10.2. The molecular weight excluding hydrogens is 223 g/mol. The van der Waals surface area contributed by atoms with Crippen molar-refractivity contribution in [2.24, 2.45) is 0 Å². The summed E-state index contributed by atoms with van der Waals surface area (Å²) < 4.78 is 18.1. The van der Waals surface area contributed by atoms with E-state index in [1.54, 1.807) is 12.3 Å². The zero-order valence-corrected chi connectivity index (χ0v) is 9.01. The topological polar surface area (TPSA) is 63.8 Å². The van der Waals surface area contributed by atoms with Gasteiger partial charge in [0.15, 0.2) is 0 Å². The van der Waals surface area contributed by atoms with Crippen LogP contribution in [0.1, 0.15) is 18.4 Å². The number of halogens is 1. The Morgan fingerprint density at radius 3 is 3.06 bits per heavy atom. The van der Waals surface area contributed by atoms with Gasteiger partial charge in [0.2, 0.25) is 11.7 Å². The van der Waals surface area contributed by atoms with Gasteiger partial charge in [-0.2, -0.15) is 4.98 Å². The van der Waals surface area contributed by atoms with Crippen molar-refractivity contribution in [2.75, 3.05) is 6.54 Å². The summed E-state index contributed by atoms with van der Waals surface area (Å²) in [5.74, 6) is 0.857. The van der Waals surface area contributed by atoms with Crippen molar-refractivity contribution in [1.82, 2.24) is 20.4 Å². The smallest absolute Gasteiger partial charge is 0.244 e. The Hall–Kier alpha value is -1.82. The maximum atomic E-state index is 13.0. The molecule has 2 aromatic heterocycles. The van der Waals surface area contributed by atoms with Crippen LogP contribution in [0.4, 0.5) is 4.39 Å². The average molecular weight is 234 g/mol. The number of hydrogen-bond donors (Lipinski definition) is 1. The van der Waals surface area contributed by atoms with Crippen LogP contribution in [0.5, 0.6) is 0 Å². The van der Waals surface area contributed by atoms with Crippen LogP contribution in [0.2, 0.25) is 0 Å². The lowest BCUT2D eigenvalue weighted by Crippen LogP contribution is -2.14. The van der Waals surface area contributed by atoms with E-state index in [-0.39, 0.29) is 6.04 Å². The zero-order chi connectivity index (χ0) is 11.7. The van der Waals surface area contributed by atoms with Gasteiger partial charge in [-0.05, 0) is 12.1 Å². The molecule has 3 heterocycles. The third-order valence-electron chi connectivity index (χ3n) is 2.71. The highest BCUT2D eigenvalue weighted by atomic mass is 19.1. The lowest BCUT2D eigenvalue weighted by molar-refractivity contribution is 0.324. The fourth-order valence-electron chi connectivity index (χ4n) is 1.86. The largest absolute Gasteiger partial charge is 0.337 e. The van der Waals surface area contributed by atoms with Gasteiger partial charge in [-0.25, -0.2) is 4.39 Å². The first-order chi connectivity index (χ1) is 8.33. The first kappa shape index (κ1) is 10.3. The molecule has 88 valence electrons. The summed E-state index contributed by atoms with van der Waals surface area (Å²) in [7, 11) is 0. The molecule has 2 aromatic rings. The second kappa shape index (κ2) is 4.21. The minimum Gasteiger partial charge on any atom is -0.337 e. The van der Waals surface area contributed by atoms with Gasteiger partial charge in [-0.1, -0.05) is 11.2 Å². The van der Waals surface area contributed by atoms with Crippen LogP contribution in [0.25, 0.3) is 11.5 Å². The molecule has 2 atom stereocenters. The van der Waals surface area contributed by atoms with Gasteiger partial charge in [0.1, 0.15) is 11.9 Å². The normalized spacial score (nSPS) is 24.1. The van der Waals surface area contributed by atoms with Crippen LogP contribution in [0, 0.1) is 0 Å². The minimum atomic E-state index is -0.842. The molecule has 0 amide bonds. The van der Waals surface area contributed by atoms with Crippen LogP contribution in [0.15, 0.2) is 28.9 Å². The molecule has 1 fully saturated rings. The molecule has 5 nitrogen and oxygen atoms in total. The van der Waals surface area contributed by atoms with Crippen LogP contribution < -0.4 is 5.32 Å². The molecule has 0 saturated carbocycles. The summed E-state index contributed by atoms with van der Waals surface area (Å²) in [5.41, 5.74) is 0.650. The Balaban J connectivity index is 1.84. The van der Waals surface area contributed by atoms with Gasteiger partial charge in [0.05, 0.1) is 6.04 Å². The standard InChI is InChI=1S/C11H11FN4O/c12-7-5-9(14-6-7)11-15-10(16-17-11)8-3-1-2-4-13-8/h1-4,7,9,14H,5-6H2/t7-,9+/m1/s1. The molecule has 0 unspecified atom stereocenters. The molecule has 1 saturated heterocycles. The molecule has 0 aliphatic carbocycles. The van der Waals surface area contributed by atoms with Gasteiger partial charge in [-0.15, -0.1) is 0 Å². The number of pyridine rings is 1. The summed E-state index contributed by atoms with van der Waals surface area (Å²) in [6.07, 6.45) is 1.20. The highest BCUT2D eigenvalue weighted by Gasteiger charge is 2.29. The van der Waals surface area contributed by atoms with Gasteiger partial charge in [-0.3, -0.25) is 4.98 Å². The monoisotopic (exact) mass is 234 g/mol. The Labute approximate surface area is 97.1 Å². The number of nitrogens with zero attached hydrogens (tertiary/aromatic N) is 3. The second-order valence-electron chi connectivity index (χ2n) is 3.97. The van der Waals surface area contributed by atoms with Gasteiger partial charge in [0, 0.05) is 19.2 Å². The highest BCUT2D eigenvalue weighted by molar-refractivity contribution is 5.47. The second-order valence-corrected chi connectivity index (χ2v) is 3.97. The summed E-state index contributed by atoms with van der Waals surface area (Å²) >= 11 is 0. The molecule has 3 rings (SSSR count). The van der Waals surface area contributed by atoms with Crippen molar-refractivity contribution in [1.29, 1.82) is 0 Å². The predicted molar refractivity (Wildman–Crippen MR) is 57.8 cm³/mol. The Morgan fingerprint density at radius 1 is 1.41 bits per heavy atom.